The molecule has 7 heteroatoms. The van der Waals surface area contributed by atoms with E-state index in [9.17, 15) is 4.79 Å². The predicted octanol–water partition coefficient (Wildman–Crippen LogP) is 4.27. The summed E-state index contributed by atoms with van der Waals surface area (Å²) in [5, 5.41) is 9.54. The van der Waals surface area contributed by atoms with E-state index in [0.29, 0.717) is 32.1 Å². The highest BCUT2D eigenvalue weighted by Gasteiger charge is 2.24. The quantitative estimate of drug-likeness (QED) is 0.223. The van der Waals surface area contributed by atoms with E-state index in [1.165, 1.54) is 5.56 Å². The van der Waals surface area contributed by atoms with E-state index in [0.717, 1.165) is 17.0 Å². The Bertz CT molecular complexity index is 908. The first-order valence-corrected chi connectivity index (χ1v) is 10.4. The average Bonchev–Trinajstić information content (AvgIpc) is 2.72. The number of rotatable bonds is 6. The zero-order chi connectivity index (χ0) is 21.6. The number of halogens is 1. The number of guanidine groups is 1. The molecule has 1 atom stereocenters. The van der Waals surface area contributed by atoms with Gasteiger partial charge in [0, 0.05) is 31.6 Å². The van der Waals surface area contributed by atoms with Crippen molar-refractivity contribution in [2.24, 2.45) is 4.99 Å². The lowest BCUT2D eigenvalue weighted by atomic mass is 9.87. The number of hydrogen-bond donors (Lipinski definition) is 3. The van der Waals surface area contributed by atoms with Crippen LogP contribution in [0.25, 0.3) is 0 Å². The van der Waals surface area contributed by atoms with Crippen molar-refractivity contribution in [2.75, 3.05) is 32.1 Å². The summed E-state index contributed by atoms with van der Waals surface area (Å²) in [6.07, 6.45) is 0.467. The number of para-hydroxylation sites is 1. The third-order valence-electron chi connectivity index (χ3n) is 5.21. The van der Waals surface area contributed by atoms with Gasteiger partial charge >= 0.3 is 0 Å². The molecule has 0 bridgehead atoms. The van der Waals surface area contributed by atoms with E-state index < -0.39 is 0 Å². The number of carbonyl (C=O) groups excluding carboxylic acids is 1. The summed E-state index contributed by atoms with van der Waals surface area (Å²) in [6, 6.07) is 16.2. The van der Waals surface area contributed by atoms with Crippen molar-refractivity contribution in [3.05, 3.63) is 59.7 Å². The van der Waals surface area contributed by atoms with Crippen molar-refractivity contribution in [3.8, 4) is 5.75 Å². The molecule has 1 aliphatic rings. The molecule has 0 spiro atoms. The number of amides is 1. The zero-order valence-corrected chi connectivity index (χ0v) is 21.0. The number of carbonyl (C=O) groups is 1. The first kappa shape index (κ1) is 25.0. The maximum Gasteiger partial charge on any atom is 0.225 e. The molecular formula is C24H33IN4O2. The van der Waals surface area contributed by atoms with E-state index in [4.69, 9.17) is 4.74 Å². The van der Waals surface area contributed by atoms with Gasteiger partial charge in [-0.05, 0) is 34.7 Å². The summed E-state index contributed by atoms with van der Waals surface area (Å²) in [5.41, 5.74) is 3.40. The molecule has 168 valence electrons. The van der Waals surface area contributed by atoms with Crippen molar-refractivity contribution >= 4 is 41.5 Å². The summed E-state index contributed by atoms with van der Waals surface area (Å²) < 4.78 is 5.89. The highest BCUT2D eigenvalue weighted by Crippen LogP contribution is 2.31. The summed E-state index contributed by atoms with van der Waals surface area (Å²) in [4.78, 5) is 16.3. The van der Waals surface area contributed by atoms with Crippen molar-refractivity contribution in [1.29, 1.82) is 0 Å². The molecule has 3 rings (SSSR count). The average molecular weight is 536 g/mol. The molecule has 2 aromatic carbocycles. The number of nitrogens with zero attached hydrogens (tertiary/aromatic N) is 1. The molecule has 0 aromatic heterocycles. The van der Waals surface area contributed by atoms with Crippen LogP contribution < -0.4 is 20.7 Å². The van der Waals surface area contributed by atoms with Gasteiger partial charge in [0.05, 0.1) is 6.54 Å². The smallest absolute Gasteiger partial charge is 0.225 e. The Hall–Kier alpha value is -2.29. The maximum absolute atomic E-state index is 12.0. The van der Waals surface area contributed by atoms with E-state index in [-0.39, 0.29) is 41.2 Å². The lowest BCUT2D eigenvalue weighted by Gasteiger charge is -2.26. The van der Waals surface area contributed by atoms with Crippen molar-refractivity contribution < 1.29 is 9.53 Å². The third kappa shape index (κ3) is 7.12. The molecule has 6 nitrogen and oxygen atoms in total. The molecule has 1 unspecified atom stereocenters. The van der Waals surface area contributed by atoms with Crippen LogP contribution in [0.3, 0.4) is 0 Å². The minimum Gasteiger partial charge on any atom is -0.492 e. The molecule has 3 N–H and O–H groups in total. The van der Waals surface area contributed by atoms with Gasteiger partial charge < -0.3 is 20.7 Å². The second-order valence-corrected chi connectivity index (χ2v) is 8.54. The first-order valence-electron chi connectivity index (χ1n) is 10.4. The fourth-order valence-electron chi connectivity index (χ4n) is 3.52. The highest BCUT2D eigenvalue weighted by atomic mass is 127. The molecule has 1 heterocycles. The third-order valence-corrected chi connectivity index (χ3v) is 5.21. The van der Waals surface area contributed by atoms with Gasteiger partial charge in [0.15, 0.2) is 5.96 Å². The molecule has 1 amide bonds. The van der Waals surface area contributed by atoms with Crippen LogP contribution in [0.2, 0.25) is 0 Å². The van der Waals surface area contributed by atoms with E-state index in [2.05, 4.69) is 59.9 Å². The monoisotopic (exact) mass is 536 g/mol. The number of fused-ring (bicyclic) bond motifs is 1. The van der Waals surface area contributed by atoms with Crippen LogP contribution in [0.15, 0.2) is 53.5 Å². The number of hydrogen-bond acceptors (Lipinski definition) is 3. The van der Waals surface area contributed by atoms with Crippen molar-refractivity contribution in [1.82, 2.24) is 10.6 Å². The van der Waals surface area contributed by atoms with Crippen LogP contribution >= 0.6 is 24.0 Å². The van der Waals surface area contributed by atoms with Crippen LogP contribution in [0, 0.1) is 0 Å². The van der Waals surface area contributed by atoms with E-state index in [1.807, 2.05) is 30.3 Å². The molecule has 0 saturated carbocycles. The molecule has 0 saturated heterocycles. The first-order chi connectivity index (χ1) is 14.4. The molecule has 0 radical (unpaired) electrons. The lowest BCUT2D eigenvalue weighted by Crippen LogP contribution is -2.42. The van der Waals surface area contributed by atoms with Gasteiger partial charge in [-0.2, -0.15) is 0 Å². The second-order valence-electron chi connectivity index (χ2n) is 8.54. The van der Waals surface area contributed by atoms with Gasteiger partial charge in [-0.15, -0.1) is 24.0 Å². The van der Waals surface area contributed by atoms with E-state index >= 15 is 0 Å². The Kier molecular flexibility index (Phi) is 9.15. The Labute approximate surface area is 202 Å². The SMILES string of the molecule is CN=C(NCCOc1cccc(C(C)(C)C)c1)NCC1CC(=O)Nc2ccccc21.I. The van der Waals surface area contributed by atoms with Crippen molar-refractivity contribution in [3.63, 3.8) is 0 Å². The minimum absolute atomic E-state index is 0. The Morgan fingerprint density at radius 1 is 1.16 bits per heavy atom. The molecule has 2 aromatic rings. The predicted molar refractivity (Wildman–Crippen MR) is 138 cm³/mol. The maximum atomic E-state index is 12.0. The standard InChI is InChI=1S/C24H32N4O2.HI/c1-24(2,3)18-8-7-9-19(15-18)30-13-12-26-23(25-4)27-16-17-14-22(29)28-21-11-6-5-10-20(17)21;/h5-11,15,17H,12-14,16H2,1-4H3,(H,28,29)(H2,25,26,27);1H. The molecule has 0 fully saturated rings. The van der Waals surface area contributed by atoms with Gasteiger partial charge in [0.1, 0.15) is 12.4 Å². The zero-order valence-electron chi connectivity index (χ0n) is 18.7. The number of anilines is 1. The molecular weight excluding hydrogens is 503 g/mol. The van der Waals surface area contributed by atoms with Crippen LogP contribution in [-0.4, -0.2) is 38.6 Å². The van der Waals surface area contributed by atoms with Crippen LogP contribution in [0.5, 0.6) is 5.75 Å². The Morgan fingerprint density at radius 2 is 1.94 bits per heavy atom. The summed E-state index contributed by atoms with van der Waals surface area (Å²) in [5.74, 6) is 1.74. The number of benzene rings is 2. The normalized spacial score (nSPS) is 15.9. The van der Waals surface area contributed by atoms with Gasteiger partial charge in [0.25, 0.3) is 0 Å². The molecule has 1 aliphatic heterocycles. The van der Waals surface area contributed by atoms with Crippen LogP contribution in [-0.2, 0) is 10.2 Å². The largest absolute Gasteiger partial charge is 0.492 e. The number of aliphatic imine (C=N–C) groups is 1. The van der Waals surface area contributed by atoms with Gasteiger partial charge in [-0.25, -0.2) is 0 Å². The summed E-state index contributed by atoms with van der Waals surface area (Å²) in [6.45, 7) is 8.37. The Morgan fingerprint density at radius 3 is 2.68 bits per heavy atom. The molecule has 31 heavy (non-hydrogen) atoms. The Balaban J connectivity index is 0.00000341. The number of nitrogens with one attached hydrogen (secondary N) is 3. The van der Waals surface area contributed by atoms with Gasteiger partial charge in [-0.3, -0.25) is 9.79 Å². The van der Waals surface area contributed by atoms with Crippen molar-refractivity contribution in [2.45, 2.75) is 38.5 Å². The van der Waals surface area contributed by atoms with Gasteiger partial charge in [0.2, 0.25) is 5.91 Å². The fourth-order valence-corrected chi connectivity index (χ4v) is 3.52. The number of ether oxygens (including phenoxy) is 1. The highest BCUT2D eigenvalue weighted by molar-refractivity contribution is 14.0. The summed E-state index contributed by atoms with van der Waals surface area (Å²) >= 11 is 0. The topological polar surface area (TPSA) is 74.8 Å². The second kappa shape index (κ2) is 11.4. The van der Waals surface area contributed by atoms with Crippen LogP contribution in [0.4, 0.5) is 5.69 Å². The van der Waals surface area contributed by atoms with Gasteiger partial charge in [-0.1, -0.05) is 51.1 Å². The lowest BCUT2D eigenvalue weighted by molar-refractivity contribution is -0.116. The van der Waals surface area contributed by atoms with E-state index in [1.54, 1.807) is 7.05 Å². The summed E-state index contributed by atoms with van der Waals surface area (Å²) in [7, 11) is 1.74. The minimum atomic E-state index is 0. The van der Waals surface area contributed by atoms with Crippen LogP contribution in [0.1, 0.15) is 44.2 Å². The molecule has 0 aliphatic carbocycles. The fraction of sp³-hybridized carbons (Fsp3) is 0.417.